The van der Waals surface area contributed by atoms with Crippen molar-refractivity contribution in [2.24, 2.45) is 0 Å². The Balaban J connectivity index is 1.69. The minimum absolute atomic E-state index is 0.133. The summed E-state index contributed by atoms with van der Waals surface area (Å²) in [6, 6.07) is 7.64. The highest BCUT2D eigenvalue weighted by molar-refractivity contribution is 5.89. The van der Waals surface area contributed by atoms with Gasteiger partial charge in [0.2, 0.25) is 17.6 Å². The van der Waals surface area contributed by atoms with E-state index >= 15 is 0 Å². The number of rotatable bonds is 5. The van der Waals surface area contributed by atoms with Crippen molar-refractivity contribution in [1.82, 2.24) is 10.1 Å². The quantitative estimate of drug-likeness (QED) is 0.751. The average Bonchev–Trinajstić information content (AvgIpc) is 3.17. The molecule has 0 aliphatic heterocycles. The van der Waals surface area contributed by atoms with Gasteiger partial charge in [0.05, 0.1) is 18.5 Å². The van der Waals surface area contributed by atoms with Crippen molar-refractivity contribution in [3.8, 4) is 11.6 Å². The SMILES string of the molecule is CC(=O)Nc1ccc(F)c(NCc2nc(-c3ccco3)no2)c1. The number of nitrogens with one attached hydrogen (secondary N) is 2. The Labute approximate surface area is 130 Å². The maximum atomic E-state index is 13.8. The molecule has 1 aromatic carbocycles. The van der Waals surface area contributed by atoms with E-state index in [1.54, 1.807) is 12.1 Å². The lowest BCUT2D eigenvalue weighted by atomic mass is 10.2. The van der Waals surface area contributed by atoms with Crippen molar-refractivity contribution < 1.29 is 18.1 Å². The number of furan rings is 1. The third-order valence-electron chi connectivity index (χ3n) is 2.93. The van der Waals surface area contributed by atoms with Crippen LogP contribution in [0.3, 0.4) is 0 Å². The molecule has 0 spiro atoms. The van der Waals surface area contributed by atoms with E-state index in [0.29, 0.717) is 17.3 Å². The number of hydrogen-bond acceptors (Lipinski definition) is 6. The van der Waals surface area contributed by atoms with Gasteiger partial charge in [-0.25, -0.2) is 4.39 Å². The highest BCUT2D eigenvalue weighted by atomic mass is 19.1. The Kier molecular flexibility index (Phi) is 4.05. The molecular formula is C15H13FN4O3. The van der Waals surface area contributed by atoms with Crippen molar-refractivity contribution in [3.05, 3.63) is 48.3 Å². The lowest BCUT2D eigenvalue weighted by Gasteiger charge is -2.08. The molecule has 0 radical (unpaired) electrons. The fourth-order valence-corrected chi connectivity index (χ4v) is 1.95. The first kappa shape index (κ1) is 14.8. The zero-order valence-electron chi connectivity index (χ0n) is 12.2. The predicted molar refractivity (Wildman–Crippen MR) is 80.0 cm³/mol. The van der Waals surface area contributed by atoms with Gasteiger partial charge < -0.3 is 19.6 Å². The number of hydrogen-bond donors (Lipinski definition) is 2. The summed E-state index contributed by atoms with van der Waals surface area (Å²) in [6.45, 7) is 1.51. The second-order valence-corrected chi connectivity index (χ2v) is 4.72. The minimum atomic E-state index is -0.454. The highest BCUT2D eigenvalue weighted by Crippen LogP contribution is 2.21. The summed E-state index contributed by atoms with van der Waals surface area (Å²) in [5.41, 5.74) is 0.706. The van der Waals surface area contributed by atoms with Gasteiger partial charge in [0.1, 0.15) is 5.82 Å². The first-order chi connectivity index (χ1) is 11.1. The maximum absolute atomic E-state index is 13.8. The average molecular weight is 316 g/mol. The van der Waals surface area contributed by atoms with Crippen molar-refractivity contribution in [3.63, 3.8) is 0 Å². The van der Waals surface area contributed by atoms with Crippen LogP contribution in [0.5, 0.6) is 0 Å². The maximum Gasteiger partial charge on any atom is 0.246 e. The number of halogens is 1. The Morgan fingerprint density at radius 3 is 2.96 bits per heavy atom. The summed E-state index contributed by atoms with van der Waals surface area (Å²) in [6.07, 6.45) is 1.51. The molecule has 118 valence electrons. The molecule has 2 aromatic heterocycles. The predicted octanol–water partition coefficient (Wildman–Crippen LogP) is 3.04. The Bertz CT molecular complexity index is 814. The van der Waals surface area contributed by atoms with E-state index in [2.05, 4.69) is 20.8 Å². The van der Waals surface area contributed by atoms with Crippen molar-refractivity contribution in [2.45, 2.75) is 13.5 Å². The molecule has 0 aliphatic rings. The molecule has 0 atom stereocenters. The molecule has 0 bridgehead atoms. The van der Waals surface area contributed by atoms with Crippen molar-refractivity contribution in [1.29, 1.82) is 0 Å². The van der Waals surface area contributed by atoms with Gasteiger partial charge in [0, 0.05) is 12.6 Å². The number of anilines is 2. The van der Waals surface area contributed by atoms with Gasteiger partial charge in [0.25, 0.3) is 0 Å². The number of carbonyl (C=O) groups is 1. The number of benzene rings is 1. The van der Waals surface area contributed by atoms with Crippen LogP contribution in [-0.4, -0.2) is 16.0 Å². The molecule has 3 aromatic rings. The van der Waals surface area contributed by atoms with Gasteiger partial charge >= 0.3 is 0 Å². The molecule has 3 rings (SSSR count). The van der Waals surface area contributed by atoms with Gasteiger partial charge in [-0.3, -0.25) is 4.79 Å². The van der Waals surface area contributed by atoms with E-state index in [0.717, 1.165) is 0 Å². The summed E-state index contributed by atoms with van der Waals surface area (Å²) >= 11 is 0. The lowest BCUT2D eigenvalue weighted by Crippen LogP contribution is -2.07. The highest BCUT2D eigenvalue weighted by Gasteiger charge is 2.11. The number of nitrogens with zero attached hydrogens (tertiary/aromatic N) is 2. The van der Waals surface area contributed by atoms with Gasteiger partial charge in [-0.2, -0.15) is 4.98 Å². The van der Waals surface area contributed by atoms with E-state index in [1.807, 2.05) is 0 Å². The topological polar surface area (TPSA) is 93.2 Å². The molecule has 0 fully saturated rings. The monoisotopic (exact) mass is 316 g/mol. The summed E-state index contributed by atoms with van der Waals surface area (Å²) in [7, 11) is 0. The van der Waals surface area contributed by atoms with Crippen LogP contribution in [0.1, 0.15) is 12.8 Å². The largest absolute Gasteiger partial charge is 0.461 e. The van der Waals surface area contributed by atoms with E-state index in [1.165, 1.54) is 31.4 Å². The standard InChI is InChI=1S/C15H13FN4O3/c1-9(21)18-10-4-5-11(16)12(7-10)17-8-14-19-15(20-23-14)13-3-2-6-22-13/h2-7,17H,8H2,1H3,(H,18,21). The second-order valence-electron chi connectivity index (χ2n) is 4.72. The van der Waals surface area contributed by atoms with Gasteiger partial charge in [0.15, 0.2) is 5.76 Å². The van der Waals surface area contributed by atoms with E-state index in [9.17, 15) is 9.18 Å². The Morgan fingerprint density at radius 2 is 2.22 bits per heavy atom. The Hall–Kier alpha value is -3.16. The van der Waals surface area contributed by atoms with Crippen LogP contribution in [0.25, 0.3) is 11.6 Å². The van der Waals surface area contributed by atoms with Crippen LogP contribution in [0.4, 0.5) is 15.8 Å². The molecule has 7 nitrogen and oxygen atoms in total. The van der Waals surface area contributed by atoms with Crippen LogP contribution >= 0.6 is 0 Å². The minimum Gasteiger partial charge on any atom is -0.461 e. The number of aromatic nitrogens is 2. The van der Waals surface area contributed by atoms with Crippen molar-refractivity contribution >= 4 is 17.3 Å². The molecule has 0 unspecified atom stereocenters. The number of amides is 1. The van der Waals surface area contributed by atoms with Crippen LogP contribution in [0.2, 0.25) is 0 Å². The molecule has 23 heavy (non-hydrogen) atoms. The molecule has 8 heteroatoms. The summed E-state index contributed by atoms with van der Waals surface area (Å²) < 4.78 is 24.0. The van der Waals surface area contributed by atoms with Crippen molar-refractivity contribution in [2.75, 3.05) is 10.6 Å². The van der Waals surface area contributed by atoms with Gasteiger partial charge in [-0.1, -0.05) is 5.16 Å². The molecule has 0 saturated heterocycles. The van der Waals surface area contributed by atoms with Crippen LogP contribution in [0.15, 0.2) is 45.5 Å². The Morgan fingerprint density at radius 1 is 1.35 bits per heavy atom. The first-order valence-electron chi connectivity index (χ1n) is 6.79. The second kappa shape index (κ2) is 6.30. The molecule has 1 amide bonds. The molecule has 0 saturated carbocycles. The summed E-state index contributed by atoms with van der Waals surface area (Å²) in [5.74, 6) is 0.395. The van der Waals surface area contributed by atoms with Gasteiger partial charge in [-0.05, 0) is 30.3 Å². The van der Waals surface area contributed by atoms with E-state index in [-0.39, 0.29) is 24.0 Å². The fraction of sp³-hybridized carbons (Fsp3) is 0.133. The molecule has 0 aliphatic carbocycles. The lowest BCUT2D eigenvalue weighted by molar-refractivity contribution is -0.114. The fourth-order valence-electron chi connectivity index (χ4n) is 1.95. The molecular weight excluding hydrogens is 303 g/mol. The third kappa shape index (κ3) is 3.54. The molecule has 2 N–H and O–H groups in total. The zero-order chi connectivity index (χ0) is 16.2. The van der Waals surface area contributed by atoms with Crippen LogP contribution in [-0.2, 0) is 11.3 Å². The normalized spacial score (nSPS) is 10.5. The van der Waals surface area contributed by atoms with Gasteiger partial charge in [-0.15, -0.1) is 0 Å². The number of carbonyl (C=O) groups excluding carboxylic acids is 1. The smallest absolute Gasteiger partial charge is 0.246 e. The third-order valence-corrected chi connectivity index (χ3v) is 2.93. The van der Waals surface area contributed by atoms with E-state index < -0.39 is 5.82 Å². The zero-order valence-corrected chi connectivity index (χ0v) is 12.2. The summed E-state index contributed by atoms with van der Waals surface area (Å²) in [5, 5.41) is 9.21. The van der Waals surface area contributed by atoms with E-state index in [4.69, 9.17) is 8.94 Å². The van der Waals surface area contributed by atoms with Crippen LogP contribution in [0, 0.1) is 5.82 Å². The molecule has 2 heterocycles. The summed E-state index contributed by atoms with van der Waals surface area (Å²) in [4.78, 5) is 15.2. The van der Waals surface area contributed by atoms with Crippen LogP contribution < -0.4 is 10.6 Å². The first-order valence-corrected chi connectivity index (χ1v) is 6.79.